The number of nitrogens with zero attached hydrogens (tertiary/aromatic N) is 1. The van der Waals surface area contributed by atoms with E-state index in [-0.39, 0.29) is 22.1 Å². The van der Waals surface area contributed by atoms with E-state index >= 15 is 0 Å². The summed E-state index contributed by atoms with van der Waals surface area (Å²) in [6.45, 7) is -1.04. The number of amides is 2. The largest absolute Gasteiger partial charge is 0.480 e. The molecule has 0 saturated carbocycles. The summed E-state index contributed by atoms with van der Waals surface area (Å²) >= 11 is 0. The van der Waals surface area contributed by atoms with Gasteiger partial charge < -0.3 is 21.7 Å². The van der Waals surface area contributed by atoms with Gasteiger partial charge in [-0.3, -0.25) is 28.6 Å². The molecule has 0 rings (SSSR count). The second-order valence-corrected chi connectivity index (χ2v) is 7.91. The van der Waals surface area contributed by atoms with Crippen LogP contribution in [0.2, 0.25) is 0 Å². The van der Waals surface area contributed by atoms with E-state index in [2.05, 4.69) is 0 Å². The molecule has 12 nitrogen and oxygen atoms in total. The van der Waals surface area contributed by atoms with E-state index < -0.39 is 63.7 Å². The van der Waals surface area contributed by atoms with E-state index in [0.717, 1.165) is 0 Å². The number of hydrogen-bond donors (Lipinski definition) is 5. The number of carboxylic acids is 2. The number of carboxylic acid groups (broad SMARTS) is 2. The van der Waals surface area contributed by atoms with Gasteiger partial charge in [-0.2, -0.15) is 8.42 Å². The van der Waals surface area contributed by atoms with Crippen molar-refractivity contribution in [2.45, 2.75) is 24.9 Å². The molecule has 0 fully saturated rings. The fraction of sp³-hybridized carbons (Fsp3) is 0.600. The molecule has 138 valence electrons. The van der Waals surface area contributed by atoms with Gasteiger partial charge in [0.25, 0.3) is 0 Å². The van der Waals surface area contributed by atoms with Crippen LogP contribution in [-0.2, 0) is 28.3 Å². The molecular formula is C10H17N3O9S2. The van der Waals surface area contributed by atoms with Crippen LogP contribution < -0.4 is 11.5 Å². The smallest absolute Gasteiger partial charge is 0.323 e. The number of carbonyl (C=O) groups excluding carboxylic acids is 2. The lowest BCUT2D eigenvalue weighted by Crippen LogP contribution is -2.50. The topological polar surface area (TPSA) is 218 Å². The minimum atomic E-state index is -4.47. The van der Waals surface area contributed by atoms with Gasteiger partial charge in [-0.15, -0.1) is 0 Å². The third-order valence-electron chi connectivity index (χ3n) is 2.56. The van der Waals surface area contributed by atoms with Gasteiger partial charge in [0.1, 0.15) is 12.6 Å². The summed E-state index contributed by atoms with van der Waals surface area (Å²) in [5, 5.41) is 17.3. The van der Waals surface area contributed by atoms with E-state index in [0.29, 0.717) is 0 Å². The zero-order valence-electron chi connectivity index (χ0n) is 12.2. The summed E-state index contributed by atoms with van der Waals surface area (Å²) in [6.07, 6.45) is -0.864. The maximum absolute atomic E-state index is 12.0. The molecular weight excluding hydrogens is 370 g/mol. The molecule has 2 atom stereocenters. The predicted octanol–water partition coefficient (Wildman–Crippen LogP) is -2.52. The molecule has 0 radical (unpaired) electrons. The highest BCUT2D eigenvalue weighted by molar-refractivity contribution is 8.69. The minimum absolute atomic E-state index is 0.0610. The van der Waals surface area contributed by atoms with Crippen molar-refractivity contribution in [3.8, 4) is 0 Å². The van der Waals surface area contributed by atoms with Crippen molar-refractivity contribution in [3.63, 3.8) is 0 Å². The van der Waals surface area contributed by atoms with Crippen molar-refractivity contribution in [2.75, 3.05) is 12.3 Å². The molecule has 14 heteroatoms. The van der Waals surface area contributed by atoms with Crippen LogP contribution in [0.25, 0.3) is 0 Å². The average Bonchev–Trinajstić information content (AvgIpc) is 2.45. The van der Waals surface area contributed by atoms with E-state index in [1.807, 2.05) is 0 Å². The lowest BCUT2D eigenvalue weighted by molar-refractivity contribution is -0.153. The number of carbonyl (C=O) groups is 4. The Balaban J connectivity index is 4.96. The van der Waals surface area contributed by atoms with Crippen molar-refractivity contribution < 1.29 is 42.4 Å². The summed E-state index contributed by atoms with van der Waals surface area (Å²) in [4.78, 5) is 45.5. The van der Waals surface area contributed by atoms with Crippen LogP contribution in [0.3, 0.4) is 0 Å². The Morgan fingerprint density at radius 3 is 2.04 bits per heavy atom. The van der Waals surface area contributed by atoms with Gasteiger partial charge in [-0.05, 0) is 17.2 Å². The fourth-order valence-electron chi connectivity index (χ4n) is 1.39. The molecule has 0 saturated heterocycles. The summed E-state index contributed by atoms with van der Waals surface area (Å²) in [5.74, 6) is -5.72. The van der Waals surface area contributed by atoms with E-state index in [4.69, 9.17) is 26.2 Å². The van der Waals surface area contributed by atoms with Gasteiger partial charge in [0.15, 0.2) is 0 Å². The van der Waals surface area contributed by atoms with Gasteiger partial charge in [-0.1, -0.05) is 0 Å². The Morgan fingerprint density at radius 2 is 1.62 bits per heavy atom. The third kappa shape index (κ3) is 8.78. The van der Waals surface area contributed by atoms with Gasteiger partial charge >= 0.3 is 21.1 Å². The van der Waals surface area contributed by atoms with Crippen LogP contribution in [0.4, 0.5) is 0 Å². The average molecular weight is 387 g/mol. The first-order valence-electron chi connectivity index (χ1n) is 6.27. The number of imide groups is 1. The highest BCUT2D eigenvalue weighted by Gasteiger charge is 2.29. The monoisotopic (exact) mass is 387 g/mol. The molecule has 0 aromatic heterocycles. The first kappa shape index (κ1) is 22.3. The van der Waals surface area contributed by atoms with Crippen LogP contribution in [-0.4, -0.2) is 76.2 Å². The molecule has 0 unspecified atom stereocenters. The first-order valence-corrected chi connectivity index (χ1v) is 9.21. The SMILES string of the molecule is N[C@@H](CCC(=O)N(CC(=O)O)C(=O)[C@@H](N)CSS(=O)(=O)O)C(=O)O. The van der Waals surface area contributed by atoms with E-state index in [9.17, 15) is 27.6 Å². The van der Waals surface area contributed by atoms with Crippen LogP contribution in [0, 0.1) is 0 Å². The van der Waals surface area contributed by atoms with Gasteiger partial charge in [0, 0.05) is 12.2 Å². The fourth-order valence-corrected chi connectivity index (χ4v) is 2.81. The lowest BCUT2D eigenvalue weighted by atomic mass is 10.1. The maximum Gasteiger partial charge on any atom is 0.323 e. The van der Waals surface area contributed by atoms with Gasteiger partial charge in [0.05, 0.1) is 6.04 Å². The Morgan fingerprint density at radius 1 is 1.08 bits per heavy atom. The lowest BCUT2D eigenvalue weighted by Gasteiger charge is -2.22. The number of rotatable bonds is 10. The van der Waals surface area contributed by atoms with Crippen LogP contribution in [0.15, 0.2) is 0 Å². The summed E-state index contributed by atoms with van der Waals surface area (Å²) in [7, 11) is -4.53. The maximum atomic E-state index is 12.0. The van der Waals surface area contributed by atoms with Gasteiger partial charge in [-0.25, -0.2) is 0 Å². The van der Waals surface area contributed by atoms with Crippen LogP contribution >= 0.6 is 10.8 Å². The van der Waals surface area contributed by atoms with Crippen LogP contribution in [0.1, 0.15) is 12.8 Å². The Labute approximate surface area is 140 Å². The molecule has 0 aliphatic rings. The zero-order chi connectivity index (χ0) is 19.1. The molecule has 0 bridgehead atoms. The second kappa shape index (κ2) is 9.53. The summed E-state index contributed by atoms with van der Waals surface area (Å²) in [5.41, 5.74) is 10.6. The molecule has 7 N–H and O–H groups in total. The second-order valence-electron chi connectivity index (χ2n) is 4.51. The molecule has 2 amide bonds. The molecule has 0 aliphatic heterocycles. The van der Waals surface area contributed by atoms with Crippen molar-refractivity contribution in [2.24, 2.45) is 11.5 Å². The predicted molar refractivity (Wildman–Crippen MR) is 81.2 cm³/mol. The highest BCUT2D eigenvalue weighted by atomic mass is 33.1. The Hall–Kier alpha value is -1.74. The highest BCUT2D eigenvalue weighted by Crippen LogP contribution is 2.12. The quantitative estimate of drug-likeness (QED) is 0.194. The van der Waals surface area contributed by atoms with Crippen molar-refractivity contribution in [3.05, 3.63) is 0 Å². The van der Waals surface area contributed by atoms with Crippen molar-refractivity contribution in [1.82, 2.24) is 4.90 Å². The number of nitrogens with two attached hydrogens (primary N) is 2. The number of aliphatic carboxylic acids is 2. The molecule has 0 aromatic rings. The molecule has 0 aliphatic carbocycles. The molecule has 0 spiro atoms. The normalized spacial score (nSPS) is 13.8. The molecule has 0 aromatic carbocycles. The molecule has 24 heavy (non-hydrogen) atoms. The Kier molecular flexibility index (Phi) is 8.84. The van der Waals surface area contributed by atoms with E-state index in [1.165, 1.54) is 0 Å². The Bertz CT molecular complexity index is 607. The summed E-state index contributed by atoms with van der Waals surface area (Å²) in [6, 6.07) is -2.95. The summed E-state index contributed by atoms with van der Waals surface area (Å²) < 4.78 is 29.7. The first-order chi connectivity index (χ1) is 10.8. The third-order valence-corrected chi connectivity index (χ3v) is 4.66. The molecule has 0 heterocycles. The van der Waals surface area contributed by atoms with Crippen molar-refractivity contribution in [1.29, 1.82) is 0 Å². The number of hydrogen-bond acceptors (Lipinski definition) is 9. The van der Waals surface area contributed by atoms with Crippen molar-refractivity contribution >= 4 is 43.7 Å². The standard InChI is InChI=1S/C10H17N3O9S2/c11-5(10(18)19)1-2-7(14)13(3-8(15)16)9(17)6(12)4-23-24(20,21)22/h5-6H,1-4,11-12H2,(H,15,16)(H,18,19)(H,20,21,22)/t5-,6-/m0/s1. The zero-order valence-corrected chi connectivity index (χ0v) is 13.8. The van der Waals surface area contributed by atoms with E-state index in [1.54, 1.807) is 0 Å². The van der Waals surface area contributed by atoms with Crippen LogP contribution in [0.5, 0.6) is 0 Å². The minimum Gasteiger partial charge on any atom is -0.480 e. The van der Waals surface area contributed by atoms with Gasteiger partial charge in [0.2, 0.25) is 11.8 Å².